The highest BCUT2D eigenvalue weighted by molar-refractivity contribution is 7.99. The van der Waals surface area contributed by atoms with E-state index in [1.807, 2.05) is 41.9 Å². The highest BCUT2D eigenvalue weighted by Gasteiger charge is 2.34. The Kier molecular flexibility index (Phi) is 6.19. The summed E-state index contributed by atoms with van der Waals surface area (Å²) in [5.41, 5.74) is 1.13. The summed E-state index contributed by atoms with van der Waals surface area (Å²) in [5.74, 6) is 2.51. The van der Waals surface area contributed by atoms with E-state index >= 15 is 0 Å². The van der Waals surface area contributed by atoms with Crippen molar-refractivity contribution < 1.29 is 4.79 Å². The summed E-state index contributed by atoms with van der Waals surface area (Å²) in [7, 11) is 4.17. The Labute approximate surface area is 150 Å². The first-order valence-corrected chi connectivity index (χ1v) is 10.1. The van der Waals surface area contributed by atoms with Crippen molar-refractivity contribution in [2.45, 2.75) is 24.9 Å². The molecule has 0 N–H and O–H groups in total. The van der Waals surface area contributed by atoms with E-state index in [0.29, 0.717) is 6.04 Å². The zero-order valence-electron chi connectivity index (χ0n) is 14.9. The van der Waals surface area contributed by atoms with Crippen molar-refractivity contribution in [2.75, 3.05) is 51.8 Å². The molecule has 0 aliphatic carbocycles. The number of piperidine rings is 1. The summed E-state index contributed by atoms with van der Waals surface area (Å²) in [6.45, 7) is 4.16. The van der Waals surface area contributed by atoms with Gasteiger partial charge in [0.15, 0.2) is 0 Å². The second-order valence-corrected chi connectivity index (χ2v) is 8.17. The fourth-order valence-corrected chi connectivity index (χ4v) is 4.67. The average molecular weight is 348 g/mol. The lowest BCUT2D eigenvalue weighted by molar-refractivity contribution is -0.139. The van der Waals surface area contributed by atoms with Crippen molar-refractivity contribution in [3.8, 4) is 0 Å². The zero-order valence-corrected chi connectivity index (χ0v) is 15.7. The van der Waals surface area contributed by atoms with Crippen LogP contribution < -0.4 is 0 Å². The summed E-state index contributed by atoms with van der Waals surface area (Å²) >= 11 is 1.99. The maximum atomic E-state index is 13.4. The molecule has 4 nitrogen and oxygen atoms in total. The van der Waals surface area contributed by atoms with Crippen molar-refractivity contribution in [3.05, 3.63) is 35.9 Å². The second-order valence-electron chi connectivity index (χ2n) is 6.95. The van der Waals surface area contributed by atoms with E-state index in [9.17, 15) is 4.79 Å². The van der Waals surface area contributed by atoms with Gasteiger partial charge in [-0.25, -0.2) is 0 Å². The Morgan fingerprint density at radius 1 is 1.12 bits per heavy atom. The first-order chi connectivity index (χ1) is 11.7. The summed E-state index contributed by atoms with van der Waals surface area (Å²) < 4.78 is 0. The number of rotatable bonds is 4. The third kappa shape index (κ3) is 4.13. The molecular formula is C19H29N3OS. The van der Waals surface area contributed by atoms with Gasteiger partial charge in [0.05, 0.1) is 0 Å². The van der Waals surface area contributed by atoms with Gasteiger partial charge in [-0.2, -0.15) is 11.8 Å². The predicted octanol–water partition coefficient (Wildman–Crippen LogP) is 2.33. The number of carbonyl (C=O) groups excluding carboxylic acids is 1. The van der Waals surface area contributed by atoms with Crippen LogP contribution in [0.2, 0.25) is 0 Å². The smallest absolute Gasteiger partial charge is 0.244 e. The number of benzene rings is 1. The molecule has 2 aliphatic heterocycles. The molecule has 1 atom stereocenters. The fraction of sp³-hybridized carbons (Fsp3) is 0.632. The summed E-state index contributed by atoms with van der Waals surface area (Å²) in [6, 6.07) is 10.6. The second kappa shape index (κ2) is 8.37. The monoisotopic (exact) mass is 347 g/mol. The van der Waals surface area contributed by atoms with Gasteiger partial charge in [0.1, 0.15) is 6.04 Å². The number of nitrogens with zero attached hydrogens (tertiary/aromatic N) is 3. The summed E-state index contributed by atoms with van der Waals surface area (Å²) in [4.78, 5) is 20.1. The third-order valence-electron chi connectivity index (χ3n) is 5.34. The van der Waals surface area contributed by atoms with Crippen LogP contribution >= 0.6 is 11.8 Å². The molecule has 1 aromatic carbocycles. The number of likely N-dealkylation sites (N-methyl/N-ethyl adjacent to an activating group) is 1. The van der Waals surface area contributed by atoms with Gasteiger partial charge < -0.3 is 9.80 Å². The van der Waals surface area contributed by atoms with Crippen LogP contribution in [0, 0.1) is 0 Å². The minimum atomic E-state index is -0.128. The van der Waals surface area contributed by atoms with Gasteiger partial charge in [0.2, 0.25) is 5.91 Å². The molecule has 24 heavy (non-hydrogen) atoms. The molecule has 0 saturated carbocycles. The molecule has 5 heteroatoms. The standard InChI is InChI=1S/C19H29N3OS/c1-20-10-8-17(9-11-20)21(2)19(23)18(16-6-4-3-5-7-16)22-12-14-24-15-13-22/h3-7,17-18H,8-15H2,1-2H3. The average Bonchev–Trinajstić information content (AvgIpc) is 2.64. The number of hydrogen-bond acceptors (Lipinski definition) is 4. The highest BCUT2D eigenvalue weighted by Crippen LogP contribution is 2.28. The van der Waals surface area contributed by atoms with Gasteiger partial charge in [-0.15, -0.1) is 0 Å². The largest absolute Gasteiger partial charge is 0.341 e. The number of amides is 1. The van der Waals surface area contributed by atoms with Gasteiger partial charge in [0.25, 0.3) is 0 Å². The Morgan fingerprint density at radius 2 is 1.75 bits per heavy atom. The maximum Gasteiger partial charge on any atom is 0.244 e. The van der Waals surface area contributed by atoms with Crippen LogP contribution in [0.1, 0.15) is 24.4 Å². The number of thioether (sulfide) groups is 1. The molecule has 132 valence electrons. The van der Waals surface area contributed by atoms with E-state index in [2.05, 4.69) is 29.0 Å². The molecule has 2 aliphatic rings. The minimum Gasteiger partial charge on any atom is -0.341 e. The topological polar surface area (TPSA) is 26.8 Å². The molecule has 2 saturated heterocycles. The fourth-order valence-electron chi connectivity index (χ4n) is 3.74. The third-order valence-corrected chi connectivity index (χ3v) is 6.29. The Morgan fingerprint density at radius 3 is 2.38 bits per heavy atom. The first-order valence-electron chi connectivity index (χ1n) is 8.99. The predicted molar refractivity (Wildman–Crippen MR) is 101 cm³/mol. The van der Waals surface area contributed by atoms with E-state index in [1.54, 1.807) is 0 Å². The number of likely N-dealkylation sites (tertiary alicyclic amines) is 1. The first kappa shape index (κ1) is 17.8. The lowest BCUT2D eigenvalue weighted by Gasteiger charge is -2.40. The number of hydrogen-bond donors (Lipinski definition) is 0. The van der Waals surface area contributed by atoms with E-state index in [-0.39, 0.29) is 11.9 Å². The highest BCUT2D eigenvalue weighted by atomic mass is 32.2. The molecular weight excluding hydrogens is 318 g/mol. The van der Waals surface area contributed by atoms with E-state index in [4.69, 9.17) is 0 Å². The van der Waals surface area contributed by atoms with Crippen molar-refractivity contribution in [3.63, 3.8) is 0 Å². The Bertz CT molecular complexity index is 525. The van der Waals surface area contributed by atoms with Gasteiger partial charge in [-0.05, 0) is 38.5 Å². The minimum absolute atomic E-state index is 0.128. The van der Waals surface area contributed by atoms with Crippen molar-refractivity contribution in [1.82, 2.24) is 14.7 Å². The van der Waals surface area contributed by atoms with Crippen LogP contribution in [0.15, 0.2) is 30.3 Å². The van der Waals surface area contributed by atoms with Crippen LogP contribution in [-0.4, -0.2) is 78.4 Å². The normalized spacial score (nSPS) is 22.2. The van der Waals surface area contributed by atoms with Crippen LogP contribution in [-0.2, 0) is 4.79 Å². The molecule has 2 fully saturated rings. The maximum absolute atomic E-state index is 13.4. The molecule has 1 unspecified atom stereocenters. The number of carbonyl (C=O) groups is 1. The van der Waals surface area contributed by atoms with Gasteiger partial charge in [0, 0.05) is 37.7 Å². The lowest BCUT2D eigenvalue weighted by atomic mass is 9.99. The molecule has 1 amide bonds. The molecule has 1 aromatic rings. The molecule has 0 spiro atoms. The molecule has 2 heterocycles. The van der Waals surface area contributed by atoms with Crippen molar-refractivity contribution >= 4 is 17.7 Å². The summed E-state index contributed by atoms with van der Waals surface area (Å²) in [5, 5.41) is 0. The molecule has 0 bridgehead atoms. The van der Waals surface area contributed by atoms with Crippen LogP contribution in [0.25, 0.3) is 0 Å². The van der Waals surface area contributed by atoms with Gasteiger partial charge >= 0.3 is 0 Å². The van der Waals surface area contributed by atoms with Crippen LogP contribution in [0.3, 0.4) is 0 Å². The lowest BCUT2D eigenvalue weighted by Crippen LogP contribution is -2.50. The SMILES string of the molecule is CN1CCC(N(C)C(=O)C(c2ccccc2)N2CCSCC2)CC1. The summed E-state index contributed by atoms with van der Waals surface area (Å²) in [6.07, 6.45) is 2.16. The Hall–Kier alpha value is -1.04. The van der Waals surface area contributed by atoms with E-state index in [1.165, 1.54) is 0 Å². The molecule has 3 rings (SSSR count). The quantitative estimate of drug-likeness (QED) is 0.835. The van der Waals surface area contributed by atoms with Crippen LogP contribution in [0.4, 0.5) is 0 Å². The molecule has 0 aromatic heterocycles. The van der Waals surface area contributed by atoms with E-state index in [0.717, 1.165) is 56.1 Å². The van der Waals surface area contributed by atoms with Crippen molar-refractivity contribution in [1.29, 1.82) is 0 Å². The van der Waals surface area contributed by atoms with E-state index < -0.39 is 0 Å². The van der Waals surface area contributed by atoms with Crippen molar-refractivity contribution in [2.24, 2.45) is 0 Å². The zero-order chi connectivity index (χ0) is 16.9. The molecule has 0 radical (unpaired) electrons. The van der Waals surface area contributed by atoms with Gasteiger partial charge in [-0.3, -0.25) is 9.69 Å². The Balaban J connectivity index is 1.77. The van der Waals surface area contributed by atoms with Gasteiger partial charge in [-0.1, -0.05) is 30.3 Å². The van der Waals surface area contributed by atoms with Crippen LogP contribution in [0.5, 0.6) is 0 Å².